The van der Waals surface area contributed by atoms with Gasteiger partial charge in [0.15, 0.2) is 11.5 Å². The number of nitrogens with one attached hydrogen (secondary N) is 2. The number of benzene rings is 2. The van der Waals surface area contributed by atoms with E-state index in [-0.39, 0.29) is 29.8 Å². The van der Waals surface area contributed by atoms with Crippen molar-refractivity contribution in [3.8, 4) is 11.5 Å². The summed E-state index contributed by atoms with van der Waals surface area (Å²) >= 11 is 13.9. The molecule has 0 fully saturated rings. The van der Waals surface area contributed by atoms with Crippen LogP contribution in [0.2, 0.25) is 10.0 Å². The third kappa shape index (κ3) is 7.86. The summed E-state index contributed by atoms with van der Waals surface area (Å²) in [6.45, 7) is 4.98. The van der Waals surface area contributed by atoms with Crippen LogP contribution in [0.5, 0.6) is 11.5 Å². The maximum atomic E-state index is 12.1. The Morgan fingerprint density at radius 3 is 2.52 bits per heavy atom. The van der Waals surface area contributed by atoms with Crippen LogP contribution < -0.4 is 20.2 Å². The minimum atomic E-state index is -0.345. The first-order valence-electron chi connectivity index (χ1n) is 9.50. The fraction of sp³-hybridized carbons (Fsp3) is 0.286. The van der Waals surface area contributed by atoms with Gasteiger partial charge in [0.1, 0.15) is 0 Å². The monoisotopic (exact) mass is 577 g/mol. The molecule has 166 valence electrons. The molecule has 0 saturated heterocycles. The van der Waals surface area contributed by atoms with Crippen LogP contribution in [0.3, 0.4) is 0 Å². The van der Waals surface area contributed by atoms with Gasteiger partial charge in [-0.1, -0.05) is 23.2 Å². The van der Waals surface area contributed by atoms with E-state index in [0.29, 0.717) is 35.3 Å². The molecule has 10 heteroatoms. The van der Waals surface area contributed by atoms with Crippen molar-refractivity contribution in [3.05, 3.63) is 55.1 Å². The molecule has 0 heterocycles. The molecule has 0 saturated carbocycles. The molecule has 0 atom stereocenters. The highest BCUT2D eigenvalue weighted by Crippen LogP contribution is 2.33. The lowest BCUT2D eigenvalue weighted by Gasteiger charge is -2.13. The molecule has 0 spiro atoms. The number of nitrogens with zero attached hydrogens (tertiary/aromatic N) is 1. The third-order valence-electron chi connectivity index (χ3n) is 3.84. The van der Waals surface area contributed by atoms with Crippen LogP contribution in [-0.4, -0.2) is 37.8 Å². The first kappa shape index (κ1) is 25.2. The van der Waals surface area contributed by atoms with Gasteiger partial charge in [-0.25, -0.2) is 5.43 Å². The van der Waals surface area contributed by atoms with E-state index >= 15 is 0 Å². The quantitative estimate of drug-likeness (QED) is 0.244. The van der Waals surface area contributed by atoms with Crippen LogP contribution in [0.1, 0.15) is 36.2 Å². The van der Waals surface area contributed by atoms with Crippen molar-refractivity contribution < 1.29 is 19.1 Å². The molecule has 0 aromatic heterocycles. The topological polar surface area (TPSA) is 89.0 Å². The van der Waals surface area contributed by atoms with E-state index in [9.17, 15) is 9.59 Å². The number of hydrogen-bond acceptors (Lipinski definition) is 5. The van der Waals surface area contributed by atoms with Crippen molar-refractivity contribution in [1.82, 2.24) is 10.7 Å². The Bertz CT molecular complexity index is 970. The number of carbonyl (C=O) groups is 2. The molecule has 0 unspecified atom stereocenters. The zero-order valence-corrected chi connectivity index (χ0v) is 20.7. The fourth-order valence-corrected chi connectivity index (χ4v) is 3.55. The van der Waals surface area contributed by atoms with Crippen molar-refractivity contribution in [2.24, 2.45) is 5.10 Å². The predicted octanol–water partition coefficient (Wildman–Crippen LogP) is 4.67. The number of amides is 2. The first-order chi connectivity index (χ1) is 14.8. The normalized spacial score (nSPS) is 10.7. The Morgan fingerprint density at radius 1 is 1.10 bits per heavy atom. The van der Waals surface area contributed by atoms with Gasteiger partial charge in [0.25, 0.3) is 5.91 Å². The second-order valence-corrected chi connectivity index (χ2v) is 8.10. The summed E-state index contributed by atoms with van der Waals surface area (Å²) in [5.41, 5.74) is 3.56. The molecule has 31 heavy (non-hydrogen) atoms. The van der Waals surface area contributed by atoms with Gasteiger partial charge in [0.2, 0.25) is 5.91 Å². The maximum Gasteiger partial charge on any atom is 0.251 e. The van der Waals surface area contributed by atoms with Crippen LogP contribution in [0.4, 0.5) is 0 Å². The van der Waals surface area contributed by atoms with Gasteiger partial charge in [-0.2, -0.15) is 5.10 Å². The summed E-state index contributed by atoms with van der Waals surface area (Å²) < 4.78 is 12.1. The molecule has 0 aliphatic rings. The highest BCUT2D eigenvalue weighted by molar-refractivity contribution is 14.1. The van der Waals surface area contributed by atoms with Crippen molar-refractivity contribution in [2.45, 2.75) is 20.3 Å². The largest absolute Gasteiger partial charge is 0.490 e. The zero-order valence-electron chi connectivity index (χ0n) is 17.0. The molecule has 2 amide bonds. The lowest BCUT2D eigenvalue weighted by molar-refractivity contribution is -0.120. The molecule has 7 nitrogen and oxygen atoms in total. The van der Waals surface area contributed by atoms with Gasteiger partial charge in [-0.05, 0) is 72.3 Å². The van der Waals surface area contributed by atoms with E-state index in [1.807, 2.05) is 19.9 Å². The summed E-state index contributed by atoms with van der Waals surface area (Å²) in [4.78, 5) is 24.0. The van der Waals surface area contributed by atoms with Gasteiger partial charge in [0.05, 0.1) is 33.0 Å². The second-order valence-electron chi connectivity index (χ2n) is 6.12. The SMILES string of the molecule is CCOc1cc(C=NNC(=O)CCNC(=O)c2ccc(Cl)c(Cl)c2)cc(I)c1OCC. The number of hydrogen-bond donors (Lipinski definition) is 2. The van der Waals surface area contributed by atoms with Crippen LogP contribution in [0, 0.1) is 3.57 Å². The average molecular weight is 578 g/mol. The third-order valence-corrected chi connectivity index (χ3v) is 5.38. The maximum absolute atomic E-state index is 12.1. The summed E-state index contributed by atoms with van der Waals surface area (Å²) in [6.07, 6.45) is 1.59. The fourth-order valence-electron chi connectivity index (χ4n) is 2.47. The minimum absolute atomic E-state index is 0.0649. The smallest absolute Gasteiger partial charge is 0.251 e. The second kappa shape index (κ2) is 12.7. The lowest BCUT2D eigenvalue weighted by atomic mass is 10.2. The number of carbonyl (C=O) groups excluding carboxylic acids is 2. The lowest BCUT2D eigenvalue weighted by Crippen LogP contribution is -2.29. The number of rotatable bonds is 10. The summed E-state index contributed by atoms with van der Waals surface area (Å²) in [7, 11) is 0. The van der Waals surface area contributed by atoms with E-state index in [4.69, 9.17) is 32.7 Å². The van der Waals surface area contributed by atoms with Crippen LogP contribution in [0.25, 0.3) is 0 Å². The number of halogens is 3. The van der Waals surface area contributed by atoms with Crippen molar-refractivity contribution in [1.29, 1.82) is 0 Å². The molecule has 0 aliphatic carbocycles. The van der Waals surface area contributed by atoms with Gasteiger partial charge in [-0.15, -0.1) is 0 Å². The van der Waals surface area contributed by atoms with E-state index in [1.165, 1.54) is 12.3 Å². The molecular weight excluding hydrogens is 556 g/mol. The van der Waals surface area contributed by atoms with E-state index < -0.39 is 0 Å². The molecule has 2 rings (SSSR count). The molecule has 0 bridgehead atoms. The Hall–Kier alpha value is -2.04. The number of ether oxygens (including phenoxy) is 2. The van der Waals surface area contributed by atoms with Crippen LogP contribution in [0.15, 0.2) is 35.4 Å². The standard InChI is InChI=1S/C21H22Cl2IN3O4/c1-3-30-18-10-13(9-17(24)20(18)31-4-2)12-26-27-19(28)7-8-25-21(29)14-5-6-15(22)16(23)11-14/h5-6,9-12H,3-4,7-8H2,1-2H3,(H,25,29)(H,27,28). The van der Waals surface area contributed by atoms with Gasteiger partial charge < -0.3 is 14.8 Å². The summed E-state index contributed by atoms with van der Waals surface area (Å²) in [5, 5.41) is 7.27. The van der Waals surface area contributed by atoms with Gasteiger partial charge in [-0.3, -0.25) is 9.59 Å². The Morgan fingerprint density at radius 2 is 1.84 bits per heavy atom. The van der Waals surface area contributed by atoms with Crippen molar-refractivity contribution >= 4 is 63.8 Å². The van der Waals surface area contributed by atoms with Crippen LogP contribution in [-0.2, 0) is 4.79 Å². The van der Waals surface area contributed by atoms with E-state index in [0.717, 1.165) is 9.13 Å². The zero-order chi connectivity index (χ0) is 22.8. The molecular formula is C21H22Cl2IN3O4. The molecule has 2 N–H and O–H groups in total. The highest BCUT2D eigenvalue weighted by atomic mass is 127. The molecule has 2 aromatic carbocycles. The molecule has 0 radical (unpaired) electrons. The summed E-state index contributed by atoms with van der Waals surface area (Å²) in [6, 6.07) is 8.24. The van der Waals surface area contributed by atoms with Gasteiger partial charge >= 0.3 is 0 Å². The minimum Gasteiger partial charge on any atom is -0.490 e. The molecule has 0 aliphatic heterocycles. The molecule has 2 aromatic rings. The van der Waals surface area contributed by atoms with Gasteiger partial charge in [0, 0.05) is 18.5 Å². The summed E-state index contributed by atoms with van der Waals surface area (Å²) in [5.74, 6) is 0.622. The van der Waals surface area contributed by atoms with E-state index in [2.05, 4.69) is 38.4 Å². The average Bonchev–Trinajstić information content (AvgIpc) is 2.72. The van der Waals surface area contributed by atoms with E-state index in [1.54, 1.807) is 18.2 Å². The van der Waals surface area contributed by atoms with Crippen molar-refractivity contribution in [2.75, 3.05) is 19.8 Å². The Labute approximate surface area is 204 Å². The van der Waals surface area contributed by atoms with Crippen LogP contribution >= 0.6 is 45.8 Å². The first-order valence-corrected chi connectivity index (χ1v) is 11.3. The Balaban J connectivity index is 1.86. The van der Waals surface area contributed by atoms with Crippen molar-refractivity contribution in [3.63, 3.8) is 0 Å². The number of hydrazone groups is 1. The Kier molecular flexibility index (Phi) is 10.4. The predicted molar refractivity (Wildman–Crippen MR) is 131 cm³/mol. The highest BCUT2D eigenvalue weighted by Gasteiger charge is 2.11.